The van der Waals surface area contributed by atoms with E-state index in [0.29, 0.717) is 12.1 Å². The largest absolute Gasteiger partial charge is 0.352 e. The van der Waals surface area contributed by atoms with Crippen LogP contribution in [0.15, 0.2) is 16.9 Å². The van der Waals surface area contributed by atoms with Gasteiger partial charge in [-0.05, 0) is 43.1 Å². The van der Waals surface area contributed by atoms with Gasteiger partial charge in [0.1, 0.15) is 0 Å². The van der Waals surface area contributed by atoms with Crippen LogP contribution in [0.5, 0.6) is 0 Å². The van der Waals surface area contributed by atoms with Crippen molar-refractivity contribution in [2.24, 2.45) is 0 Å². The molecule has 0 aliphatic heterocycles. The highest BCUT2D eigenvalue weighted by Crippen LogP contribution is 2.13. The minimum atomic E-state index is -0.0648. The number of carbonyl (C=O) groups excluding carboxylic acids is 1. The molecule has 0 fully saturated rings. The normalized spacial score (nSPS) is 10.9. The Bertz CT molecular complexity index is 612. The maximum absolute atomic E-state index is 12.1. The Kier molecular flexibility index (Phi) is 5.17. The zero-order valence-corrected chi connectivity index (χ0v) is 14.1. The molecule has 114 valence electrons. The maximum Gasteiger partial charge on any atom is 0.254 e. The average Bonchev–Trinajstić information content (AvgIpc) is 2.98. The molecular formula is C14H20BrN5O. The summed E-state index contributed by atoms with van der Waals surface area (Å²) in [6.07, 6.45) is 4.41. The van der Waals surface area contributed by atoms with Crippen LogP contribution in [0.2, 0.25) is 0 Å². The molecule has 2 heterocycles. The van der Waals surface area contributed by atoms with E-state index in [4.69, 9.17) is 0 Å². The number of hydrogen-bond acceptors (Lipinski definition) is 3. The van der Waals surface area contributed by atoms with E-state index in [2.05, 4.69) is 31.4 Å². The molecule has 1 N–H and O–H groups in total. The molecular weight excluding hydrogens is 334 g/mol. The minimum absolute atomic E-state index is 0.0648. The molecule has 6 nitrogen and oxygen atoms in total. The zero-order valence-electron chi connectivity index (χ0n) is 12.6. The molecule has 0 unspecified atom stereocenters. The first-order chi connectivity index (χ1) is 10.0. The molecule has 0 radical (unpaired) electrons. The smallest absolute Gasteiger partial charge is 0.254 e. The zero-order chi connectivity index (χ0) is 15.4. The van der Waals surface area contributed by atoms with Crippen LogP contribution in [0.3, 0.4) is 0 Å². The molecule has 0 aromatic carbocycles. The molecule has 21 heavy (non-hydrogen) atoms. The number of rotatable bonds is 6. The maximum atomic E-state index is 12.1. The molecule has 0 aliphatic carbocycles. The van der Waals surface area contributed by atoms with Crippen LogP contribution in [0.4, 0.5) is 0 Å². The molecule has 7 heteroatoms. The van der Waals surface area contributed by atoms with Crippen LogP contribution in [-0.2, 0) is 13.1 Å². The van der Waals surface area contributed by atoms with E-state index in [-0.39, 0.29) is 5.91 Å². The number of nitrogens with one attached hydrogen (secondary N) is 1. The highest BCUT2D eigenvalue weighted by atomic mass is 79.9. The summed E-state index contributed by atoms with van der Waals surface area (Å²) < 4.78 is 4.71. The van der Waals surface area contributed by atoms with Gasteiger partial charge >= 0.3 is 0 Å². The van der Waals surface area contributed by atoms with E-state index in [1.807, 2.05) is 36.3 Å². The van der Waals surface area contributed by atoms with Gasteiger partial charge in [0, 0.05) is 31.5 Å². The number of amides is 1. The van der Waals surface area contributed by atoms with Crippen LogP contribution < -0.4 is 5.32 Å². The summed E-state index contributed by atoms with van der Waals surface area (Å²) in [4.78, 5) is 12.1. The Balaban J connectivity index is 1.80. The fraction of sp³-hybridized carbons (Fsp3) is 0.500. The number of halogens is 1. The highest BCUT2D eigenvalue weighted by molar-refractivity contribution is 9.10. The lowest BCUT2D eigenvalue weighted by atomic mass is 10.2. The van der Waals surface area contributed by atoms with E-state index >= 15 is 0 Å². The van der Waals surface area contributed by atoms with Crippen LogP contribution in [-0.4, -0.2) is 32.0 Å². The average molecular weight is 354 g/mol. The number of carbonyl (C=O) groups is 1. The van der Waals surface area contributed by atoms with Gasteiger partial charge in [0.05, 0.1) is 21.9 Å². The molecule has 2 rings (SSSR count). The number of hydrogen-bond donors (Lipinski definition) is 1. The highest BCUT2D eigenvalue weighted by Gasteiger charge is 2.12. The Labute approximate surface area is 132 Å². The second kappa shape index (κ2) is 6.89. The van der Waals surface area contributed by atoms with Crippen LogP contribution in [0.1, 0.15) is 35.1 Å². The van der Waals surface area contributed by atoms with E-state index in [1.165, 1.54) is 0 Å². The third-order valence-electron chi connectivity index (χ3n) is 3.38. The predicted octanol–water partition coefficient (Wildman–Crippen LogP) is 2.30. The van der Waals surface area contributed by atoms with Crippen molar-refractivity contribution in [2.75, 3.05) is 6.54 Å². The third-order valence-corrected chi connectivity index (χ3v) is 4.16. The van der Waals surface area contributed by atoms with Crippen molar-refractivity contribution in [3.05, 3.63) is 33.8 Å². The minimum Gasteiger partial charge on any atom is -0.352 e. The third kappa shape index (κ3) is 3.72. The fourth-order valence-electron chi connectivity index (χ4n) is 2.13. The first-order valence-corrected chi connectivity index (χ1v) is 7.82. The lowest BCUT2D eigenvalue weighted by molar-refractivity contribution is 0.0952. The standard InChI is InChI=1S/C14H20BrN5O/c1-4-20-11(3)12(8-17-20)14(21)16-6-5-7-19-9-13(15)10(2)18-19/h8-9H,4-7H2,1-3H3,(H,16,21). The molecule has 2 aromatic rings. The Morgan fingerprint density at radius 3 is 2.76 bits per heavy atom. The summed E-state index contributed by atoms with van der Waals surface area (Å²) >= 11 is 3.43. The first kappa shape index (κ1) is 15.8. The second-order valence-electron chi connectivity index (χ2n) is 4.89. The van der Waals surface area contributed by atoms with Crippen molar-refractivity contribution in [3.8, 4) is 0 Å². The van der Waals surface area contributed by atoms with E-state index in [1.54, 1.807) is 6.20 Å². The van der Waals surface area contributed by atoms with Gasteiger partial charge in [-0.3, -0.25) is 14.2 Å². The van der Waals surface area contributed by atoms with Crippen molar-refractivity contribution < 1.29 is 4.79 Å². The van der Waals surface area contributed by atoms with E-state index < -0.39 is 0 Å². The SMILES string of the molecule is CCn1ncc(C(=O)NCCCn2cc(Br)c(C)n2)c1C. The van der Waals surface area contributed by atoms with E-state index in [0.717, 1.165) is 35.4 Å². The van der Waals surface area contributed by atoms with Crippen LogP contribution in [0.25, 0.3) is 0 Å². The van der Waals surface area contributed by atoms with Crippen LogP contribution >= 0.6 is 15.9 Å². The molecule has 0 bridgehead atoms. The van der Waals surface area contributed by atoms with E-state index in [9.17, 15) is 4.79 Å². The summed E-state index contributed by atoms with van der Waals surface area (Å²) in [5.74, 6) is -0.0648. The number of aromatic nitrogens is 4. The molecule has 0 atom stereocenters. The van der Waals surface area contributed by atoms with Gasteiger partial charge in [-0.1, -0.05) is 0 Å². The van der Waals surface area contributed by atoms with Gasteiger partial charge in [0.25, 0.3) is 5.91 Å². The summed E-state index contributed by atoms with van der Waals surface area (Å²) in [7, 11) is 0. The second-order valence-corrected chi connectivity index (χ2v) is 5.75. The fourth-order valence-corrected chi connectivity index (χ4v) is 2.45. The van der Waals surface area contributed by atoms with Crippen molar-refractivity contribution in [2.45, 2.75) is 40.3 Å². The van der Waals surface area contributed by atoms with Gasteiger partial charge < -0.3 is 5.32 Å². The number of nitrogens with zero attached hydrogens (tertiary/aromatic N) is 4. The lowest BCUT2D eigenvalue weighted by Gasteiger charge is -2.05. The van der Waals surface area contributed by atoms with Gasteiger partial charge in [-0.25, -0.2) is 0 Å². The summed E-state index contributed by atoms with van der Waals surface area (Å²) in [6, 6.07) is 0. The summed E-state index contributed by atoms with van der Waals surface area (Å²) in [5, 5.41) is 11.5. The monoisotopic (exact) mass is 353 g/mol. The molecule has 0 spiro atoms. The molecule has 0 aliphatic rings. The number of aryl methyl sites for hydroxylation is 3. The lowest BCUT2D eigenvalue weighted by Crippen LogP contribution is -2.25. The van der Waals surface area contributed by atoms with Gasteiger partial charge in [0.2, 0.25) is 0 Å². The molecule has 1 amide bonds. The van der Waals surface area contributed by atoms with Crippen molar-refractivity contribution in [1.82, 2.24) is 24.9 Å². The van der Waals surface area contributed by atoms with Crippen LogP contribution in [0, 0.1) is 13.8 Å². The summed E-state index contributed by atoms with van der Waals surface area (Å²) in [6.45, 7) is 8.04. The van der Waals surface area contributed by atoms with Gasteiger partial charge in [0.15, 0.2) is 0 Å². The summed E-state index contributed by atoms with van der Waals surface area (Å²) in [5.41, 5.74) is 2.53. The molecule has 2 aromatic heterocycles. The quantitative estimate of drug-likeness (QED) is 0.810. The Morgan fingerprint density at radius 2 is 2.19 bits per heavy atom. The van der Waals surface area contributed by atoms with Gasteiger partial charge in [-0.2, -0.15) is 10.2 Å². The Hall–Kier alpha value is -1.63. The van der Waals surface area contributed by atoms with Crippen molar-refractivity contribution in [3.63, 3.8) is 0 Å². The molecule has 0 saturated heterocycles. The topological polar surface area (TPSA) is 64.7 Å². The van der Waals surface area contributed by atoms with Crippen molar-refractivity contribution in [1.29, 1.82) is 0 Å². The van der Waals surface area contributed by atoms with Gasteiger partial charge in [-0.15, -0.1) is 0 Å². The van der Waals surface area contributed by atoms with Crippen molar-refractivity contribution >= 4 is 21.8 Å². The Morgan fingerprint density at radius 1 is 1.43 bits per heavy atom. The molecule has 0 saturated carbocycles. The predicted molar refractivity (Wildman–Crippen MR) is 84.3 cm³/mol. The first-order valence-electron chi connectivity index (χ1n) is 7.03.